The van der Waals surface area contributed by atoms with Gasteiger partial charge in [-0.3, -0.25) is 9.59 Å². The zero-order valence-electron chi connectivity index (χ0n) is 17.0. The van der Waals surface area contributed by atoms with E-state index in [9.17, 15) is 9.59 Å². The molecular weight excluding hydrogens is 350 g/mol. The third-order valence-electron chi connectivity index (χ3n) is 5.01. The molecule has 0 aromatic heterocycles. The Morgan fingerprint density at radius 2 is 1.82 bits per heavy atom. The van der Waals surface area contributed by atoms with Crippen LogP contribution in [0.3, 0.4) is 0 Å². The average Bonchev–Trinajstić information content (AvgIpc) is 2.72. The number of nitrogens with one attached hydrogen (secondary N) is 1. The third kappa shape index (κ3) is 4.25. The minimum Gasteiger partial charge on any atom is -0.350 e. The third-order valence-corrected chi connectivity index (χ3v) is 5.01. The molecule has 0 spiro atoms. The number of rotatable bonds is 3. The van der Waals surface area contributed by atoms with Crippen molar-refractivity contribution in [3.63, 3.8) is 0 Å². The average molecular weight is 380 g/mol. The summed E-state index contributed by atoms with van der Waals surface area (Å²) in [5, 5.41) is 2.94. The van der Waals surface area contributed by atoms with Gasteiger partial charge in [0, 0.05) is 11.5 Å². The smallest absolute Gasteiger partial charge is 0.244 e. The molecule has 0 saturated carbocycles. The highest BCUT2D eigenvalue weighted by atomic mass is 16.2. The highest BCUT2D eigenvalue weighted by molar-refractivity contribution is 6.03. The van der Waals surface area contributed by atoms with Gasteiger partial charge in [-0.15, -0.1) is 0 Å². The van der Waals surface area contributed by atoms with E-state index in [1.807, 2.05) is 64.1 Å². The van der Waals surface area contributed by atoms with Crippen LogP contribution in [0.25, 0.3) is 0 Å². The minimum atomic E-state index is -0.667. The van der Waals surface area contributed by atoms with Gasteiger partial charge in [-0.25, -0.2) is 0 Å². The molecule has 28 heavy (non-hydrogen) atoms. The number of anilines is 1. The Kier molecular flexibility index (Phi) is 5.57. The Balaban J connectivity index is 2.07. The fraction of sp³-hybridized carbons (Fsp3) is 0.391. The van der Waals surface area contributed by atoms with Crippen molar-refractivity contribution in [2.45, 2.75) is 51.6 Å². The molecule has 0 bridgehead atoms. The van der Waals surface area contributed by atoms with Crippen molar-refractivity contribution in [2.75, 3.05) is 11.4 Å². The summed E-state index contributed by atoms with van der Waals surface area (Å²) in [6.07, 6.45) is 0.511. The number of amides is 2. The Morgan fingerprint density at radius 1 is 1.14 bits per heavy atom. The second-order valence-corrected chi connectivity index (χ2v) is 8.54. The topological polar surface area (TPSA) is 75.4 Å². The van der Waals surface area contributed by atoms with Crippen molar-refractivity contribution in [1.29, 1.82) is 0 Å². The first-order valence-electron chi connectivity index (χ1n) is 9.70. The van der Waals surface area contributed by atoms with E-state index in [0.717, 1.165) is 22.4 Å². The standard InChI is InChI=1S/C23H29N3O2/c1-15-9-8-12-17-18(16-10-6-5-7-11-16)13-19(24)22(28)26(21(15)17)14-20(27)25-23(2,3)4/h5-12,18-19H,13-14,24H2,1-4H3,(H,25,27)/t18-,19-/m1/s1. The van der Waals surface area contributed by atoms with Crippen LogP contribution in [-0.2, 0) is 9.59 Å². The molecule has 3 N–H and O–H groups in total. The van der Waals surface area contributed by atoms with Crippen LogP contribution in [0.5, 0.6) is 0 Å². The number of nitrogens with two attached hydrogens (primary N) is 1. The Morgan fingerprint density at radius 3 is 2.46 bits per heavy atom. The monoisotopic (exact) mass is 379 g/mol. The van der Waals surface area contributed by atoms with Crippen LogP contribution < -0.4 is 16.0 Å². The van der Waals surface area contributed by atoms with Crippen molar-refractivity contribution >= 4 is 17.5 Å². The van der Waals surface area contributed by atoms with Crippen molar-refractivity contribution in [3.05, 3.63) is 65.2 Å². The van der Waals surface area contributed by atoms with Crippen molar-refractivity contribution < 1.29 is 9.59 Å². The second kappa shape index (κ2) is 7.76. The summed E-state index contributed by atoms with van der Waals surface area (Å²) in [4.78, 5) is 27.3. The van der Waals surface area contributed by atoms with Gasteiger partial charge in [0.2, 0.25) is 11.8 Å². The highest BCUT2D eigenvalue weighted by Gasteiger charge is 2.35. The molecular formula is C23H29N3O2. The van der Waals surface area contributed by atoms with E-state index in [2.05, 4.69) is 17.4 Å². The van der Waals surface area contributed by atoms with Gasteiger partial charge in [-0.2, -0.15) is 0 Å². The molecule has 2 aromatic carbocycles. The Bertz CT molecular complexity index is 871. The molecule has 0 unspecified atom stereocenters. The van der Waals surface area contributed by atoms with Gasteiger partial charge < -0.3 is 16.0 Å². The number of carbonyl (C=O) groups excluding carboxylic acids is 2. The number of para-hydroxylation sites is 1. The molecule has 1 aliphatic heterocycles. The Hall–Kier alpha value is -2.66. The number of benzene rings is 2. The van der Waals surface area contributed by atoms with Crippen molar-refractivity contribution in [2.24, 2.45) is 5.73 Å². The molecule has 0 aliphatic carbocycles. The largest absolute Gasteiger partial charge is 0.350 e. The molecule has 3 rings (SSSR count). The predicted octanol–water partition coefficient (Wildman–Crippen LogP) is 3.11. The number of fused-ring (bicyclic) bond motifs is 1. The number of aryl methyl sites for hydroxylation is 1. The summed E-state index contributed by atoms with van der Waals surface area (Å²) in [7, 11) is 0. The van der Waals surface area contributed by atoms with E-state index in [-0.39, 0.29) is 29.8 Å². The number of carbonyl (C=O) groups is 2. The van der Waals surface area contributed by atoms with Crippen LogP contribution in [-0.4, -0.2) is 29.9 Å². The molecule has 0 saturated heterocycles. The zero-order chi connectivity index (χ0) is 20.5. The molecule has 148 valence electrons. The maximum absolute atomic E-state index is 13.2. The summed E-state index contributed by atoms with van der Waals surface area (Å²) < 4.78 is 0. The van der Waals surface area contributed by atoms with Gasteiger partial charge in [0.15, 0.2) is 0 Å². The summed E-state index contributed by atoms with van der Waals surface area (Å²) in [5.74, 6) is -0.399. The molecule has 1 heterocycles. The highest BCUT2D eigenvalue weighted by Crippen LogP contribution is 2.40. The van der Waals surface area contributed by atoms with E-state index < -0.39 is 6.04 Å². The lowest BCUT2D eigenvalue weighted by Gasteiger charge is -2.28. The van der Waals surface area contributed by atoms with Gasteiger partial charge in [0.1, 0.15) is 6.54 Å². The minimum absolute atomic E-state index is 0.00530. The number of hydrogen-bond donors (Lipinski definition) is 2. The van der Waals surface area contributed by atoms with E-state index >= 15 is 0 Å². The predicted molar refractivity (Wildman–Crippen MR) is 112 cm³/mol. The fourth-order valence-electron chi connectivity index (χ4n) is 3.88. The molecule has 2 aromatic rings. The molecule has 1 aliphatic rings. The van der Waals surface area contributed by atoms with Gasteiger partial charge in [-0.1, -0.05) is 48.5 Å². The molecule has 2 atom stereocenters. The second-order valence-electron chi connectivity index (χ2n) is 8.54. The molecule has 0 radical (unpaired) electrons. The van der Waals surface area contributed by atoms with Crippen molar-refractivity contribution in [1.82, 2.24) is 5.32 Å². The van der Waals surface area contributed by atoms with E-state index in [1.54, 1.807) is 4.90 Å². The quantitative estimate of drug-likeness (QED) is 0.860. The number of hydrogen-bond acceptors (Lipinski definition) is 3. The van der Waals surface area contributed by atoms with Gasteiger partial charge in [0.05, 0.1) is 11.7 Å². The van der Waals surface area contributed by atoms with Crippen LogP contribution in [0.1, 0.15) is 49.8 Å². The van der Waals surface area contributed by atoms with Gasteiger partial charge in [0.25, 0.3) is 0 Å². The van der Waals surface area contributed by atoms with Gasteiger partial charge in [-0.05, 0) is 50.8 Å². The van der Waals surface area contributed by atoms with Crippen LogP contribution in [0.2, 0.25) is 0 Å². The molecule has 5 nitrogen and oxygen atoms in total. The van der Waals surface area contributed by atoms with Crippen LogP contribution in [0, 0.1) is 6.92 Å². The van der Waals surface area contributed by atoms with Crippen LogP contribution in [0.15, 0.2) is 48.5 Å². The first-order chi connectivity index (χ1) is 13.2. The molecule has 2 amide bonds. The number of nitrogens with zero attached hydrogens (tertiary/aromatic N) is 1. The van der Waals surface area contributed by atoms with Crippen LogP contribution in [0.4, 0.5) is 5.69 Å². The summed E-state index contributed by atoms with van der Waals surface area (Å²) in [6.45, 7) is 7.70. The molecule has 5 heteroatoms. The van der Waals surface area contributed by atoms with E-state index in [0.29, 0.717) is 6.42 Å². The summed E-state index contributed by atoms with van der Waals surface area (Å²) in [5.41, 5.74) is 9.87. The SMILES string of the molecule is Cc1cccc2c1N(CC(=O)NC(C)(C)C)C(=O)[C@H](N)C[C@@H]2c1ccccc1. The van der Waals surface area contributed by atoms with E-state index in [1.165, 1.54) is 0 Å². The lowest BCUT2D eigenvalue weighted by atomic mass is 9.85. The lowest BCUT2D eigenvalue weighted by Crippen LogP contribution is -2.50. The lowest BCUT2D eigenvalue weighted by molar-refractivity contribution is -0.125. The zero-order valence-corrected chi connectivity index (χ0v) is 17.0. The Labute approximate surface area is 166 Å². The normalized spacial score (nSPS) is 19.8. The maximum Gasteiger partial charge on any atom is 0.244 e. The van der Waals surface area contributed by atoms with Gasteiger partial charge >= 0.3 is 0 Å². The first kappa shape index (κ1) is 20.1. The summed E-state index contributed by atoms with van der Waals surface area (Å²) in [6, 6.07) is 15.4. The summed E-state index contributed by atoms with van der Waals surface area (Å²) >= 11 is 0. The fourth-order valence-corrected chi connectivity index (χ4v) is 3.88. The molecule has 0 fully saturated rings. The van der Waals surface area contributed by atoms with Crippen molar-refractivity contribution in [3.8, 4) is 0 Å². The first-order valence-corrected chi connectivity index (χ1v) is 9.70. The van der Waals surface area contributed by atoms with E-state index in [4.69, 9.17) is 5.73 Å². The maximum atomic E-state index is 13.2. The van der Waals surface area contributed by atoms with Crippen LogP contribution >= 0.6 is 0 Å².